The first-order chi connectivity index (χ1) is 23.7. The van der Waals surface area contributed by atoms with Crippen molar-refractivity contribution in [3.05, 3.63) is 56.5 Å². The largest absolute Gasteiger partial charge is 0.506 e. The van der Waals surface area contributed by atoms with E-state index in [2.05, 4.69) is 65.4 Å². The lowest BCUT2D eigenvalue weighted by atomic mass is 10.0. The summed E-state index contributed by atoms with van der Waals surface area (Å²) < 4.78 is 1.05. The van der Waals surface area contributed by atoms with Crippen LogP contribution in [0.15, 0.2) is 50.3 Å². The van der Waals surface area contributed by atoms with Gasteiger partial charge in [-0.3, -0.25) is 15.0 Å². The van der Waals surface area contributed by atoms with Gasteiger partial charge in [0.05, 0.1) is 8.95 Å². The Morgan fingerprint density at radius 2 is 1.63 bits per heavy atom. The fourth-order valence-corrected chi connectivity index (χ4v) is 8.82. The fourth-order valence-electron chi connectivity index (χ4n) is 7.54. The highest BCUT2D eigenvalue weighted by atomic mass is 79.9. The number of hydrogen-bond donors (Lipinski definition) is 3. The van der Waals surface area contributed by atoms with Gasteiger partial charge in [0.2, 0.25) is 11.9 Å². The number of aliphatic imine (C=N–C) groups is 1. The molecule has 49 heavy (non-hydrogen) atoms. The van der Waals surface area contributed by atoms with Gasteiger partial charge in [-0.1, -0.05) is 18.2 Å². The maximum absolute atomic E-state index is 14.2. The van der Waals surface area contributed by atoms with Gasteiger partial charge in [0.1, 0.15) is 11.8 Å². The van der Waals surface area contributed by atoms with E-state index in [0.29, 0.717) is 72.9 Å². The quantitative estimate of drug-likeness (QED) is 0.173. The summed E-state index contributed by atoms with van der Waals surface area (Å²) in [5.74, 6) is 0.391. The number of carbonyl (C=O) groups excluding carboxylic acids is 2. The van der Waals surface area contributed by atoms with Gasteiger partial charge in [0.15, 0.2) is 6.19 Å². The van der Waals surface area contributed by atoms with Crippen LogP contribution in [0.5, 0.6) is 5.75 Å². The highest BCUT2D eigenvalue weighted by Gasteiger charge is 2.34. The third-order valence-corrected chi connectivity index (χ3v) is 11.6. The summed E-state index contributed by atoms with van der Waals surface area (Å²) in [7, 11) is 2.17. The number of hydrogen-bond acceptors (Lipinski definition) is 7. The summed E-state index contributed by atoms with van der Waals surface area (Å²) in [4.78, 5) is 43.2. The number of piperidine rings is 2. The first kappa shape index (κ1) is 35.4. The summed E-state index contributed by atoms with van der Waals surface area (Å²) in [6.45, 7) is 6.95. The monoisotopic (exact) mass is 797 g/mol. The molecule has 0 aliphatic carbocycles. The number of likely N-dealkylation sites (tertiary alicyclic amines) is 2. The molecule has 12 nitrogen and oxygen atoms in total. The number of urea groups is 1. The number of phenolic OH excluding ortho intramolecular Hbond substituents is 1. The van der Waals surface area contributed by atoms with Crippen molar-refractivity contribution in [2.45, 2.75) is 56.7 Å². The molecular weight excluding hydrogens is 754 g/mol. The summed E-state index contributed by atoms with van der Waals surface area (Å²) in [6, 6.07) is 11.3. The second-order valence-electron chi connectivity index (χ2n) is 13.5. The Morgan fingerprint density at radius 1 is 0.980 bits per heavy atom. The lowest BCUT2D eigenvalue weighted by Gasteiger charge is -2.42. The summed E-state index contributed by atoms with van der Waals surface area (Å²) in [5.41, 5.74) is 2.83. The number of nitrogens with zero attached hydrogens (tertiary/aromatic N) is 7. The van der Waals surface area contributed by atoms with Crippen LogP contribution in [0, 0.1) is 11.5 Å². The van der Waals surface area contributed by atoms with E-state index in [1.54, 1.807) is 12.1 Å². The normalized spacial score (nSPS) is 21.1. The molecule has 3 fully saturated rings. The van der Waals surface area contributed by atoms with Crippen LogP contribution in [-0.4, -0.2) is 132 Å². The van der Waals surface area contributed by atoms with Crippen molar-refractivity contribution in [1.82, 2.24) is 29.8 Å². The average Bonchev–Trinajstić information content (AvgIpc) is 3.28. The minimum Gasteiger partial charge on any atom is -0.506 e. The molecule has 0 bridgehead atoms. The van der Waals surface area contributed by atoms with Crippen LogP contribution >= 0.6 is 31.9 Å². The van der Waals surface area contributed by atoms with Crippen LogP contribution in [0.25, 0.3) is 0 Å². The SMILES string of the molecule is CN1CCC(N2CCN(C(=O)[C@H](Cc3cc(Br)c(O)c(Br)c3)N=C(NC#N)N3CCC(N4CCc5ccccc5NC4=O)CC3)CC2)CC1. The number of para-hydroxylation sites is 1. The molecule has 262 valence electrons. The highest BCUT2D eigenvalue weighted by molar-refractivity contribution is 9.11. The molecule has 0 radical (unpaired) electrons. The minimum atomic E-state index is -0.776. The number of benzene rings is 2. The van der Waals surface area contributed by atoms with E-state index in [4.69, 9.17) is 4.99 Å². The number of halogens is 2. The number of fused-ring (bicyclic) bond motifs is 1. The number of nitrogens with one attached hydrogen (secondary N) is 2. The Balaban J connectivity index is 1.16. The Hall–Kier alpha value is -3.38. The third-order valence-electron chi connectivity index (χ3n) is 10.4. The summed E-state index contributed by atoms with van der Waals surface area (Å²) in [6.07, 6.45) is 6.86. The number of carbonyl (C=O) groups is 2. The number of piperazine rings is 1. The van der Waals surface area contributed by atoms with Crippen molar-refractivity contribution < 1.29 is 14.7 Å². The second-order valence-corrected chi connectivity index (χ2v) is 15.2. The molecule has 14 heteroatoms. The molecule has 0 saturated carbocycles. The van der Waals surface area contributed by atoms with Gasteiger partial charge in [-0.2, -0.15) is 5.26 Å². The first-order valence-electron chi connectivity index (χ1n) is 17.2. The van der Waals surface area contributed by atoms with Crippen LogP contribution in [0.3, 0.4) is 0 Å². The number of nitriles is 1. The summed E-state index contributed by atoms with van der Waals surface area (Å²) in [5, 5.41) is 25.9. The smallest absolute Gasteiger partial charge is 0.322 e. The van der Waals surface area contributed by atoms with E-state index in [-0.39, 0.29) is 23.7 Å². The number of amides is 3. The Morgan fingerprint density at radius 3 is 2.31 bits per heavy atom. The van der Waals surface area contributed by atoms with E-state index in [1.807, 2.05) is 39.1 Å². The highest BCUT2D eigenvalue weighted by Crippen LogP contribution is 2.34. The van der Waals surface area contributed by atoms with Gasteiger partial charge in [0.25, 0.3) is 0 Å². The van der Waals surface area contributed by atoms with Gasteiger partial charge in [0, 0.05) is 70.0 Å². The van der Waals surface area contributed by atoms with Crippen molar-refractivity contribution in [3.8, 4) is 11.9 Å². The van der Waals surface area contributed by atoms with Crippen molar-refractivity contribution in [2.24, 2.45) is 4.99 Å². The van der Waals surface area contributed by atoms with Crippen LogP contribution in [0.4, 0.5) is 10.5 Å². The maximum atomic E-state index is 14.2. The van der Waals surface area contributed by atoms with Gasteiger partial charge >= 0.3 is 6.03 Å². The molecule has 4 aliphatic rings. The van der Waals surface area contributed by atoms with Crippen LogP contribution in [0.2, 0.25) is 0 Å². The van der Waals surface area contributed by atoms with E-state index < -0.39 is 6.04 Å². The second kappa shape index (κ2) is 16.1. The van der Waals surface area contributed by atoms with Crippen LogP contribution in [-0.2, 0) is 17.6 Å². The van der Waals surface area contributed by atoms with E-state index in [0.717, 1.165) is 62.3 Å². The van der Waals surface area contributed by atoms with Crippen LogP contribution < -0.4 is 10.6 Å². The van der Waals surface area contributed by atoms with Gasteiger partial charge < -0.3 is 30.0 Å². The lowest BCUT2D eigenvalue weighted by molar-refractivity contribution is -0.134. The zero-order chi connectivity index (χ0) is 34.5. The molecule has 4 aliphatic heterocycles. The molecule has 3 N–H and O–H groups in total. The third kappa shape index (κ3) is 8.51. The van der Waals surface area contributed by atoms with Gasteiger partial charge in [-0.25, -0.2) is 9.79 Å². The molecule has 3 saturated heterocycles. The molecule has 0 spiro atoms. The molecule has 0 unspecified atom stereocenters. The Bertz CT molecular complexity index is 1550. The molecule has 2 aromatic carbocycles. The molecule has 0 aromatic heterocycles. The predicted molar refractivity (Wildman–Crippen MR) is 196 cm³/mol. The number of phenols is 1. The number of anilines is 1. The van der Waals surface area contributed by atoms with Gasteiger partial charge in [-0.15, -0.1) is 0 Å². The first-order valence-corrected chi connectivity index (χ1v) is 18.8. The standard InChI is InChI=1S/C35H45Br2N9O3/c1-42-11-7-26(8-12-42)43-16-18-44(19-17-43)33(48)31(22-24-20-28(36)32(47)29(37)21-24)40-34(39-23-38)45-13-9-27(10-14-45)46-15-6-25-4-2-3-5-30(25)41-35(46)49/h2-5,20-21,26-27,31,47H,6-19,22H2,1H3,(H,39,40)(H,41,49)/t31-/m0/s1. The Kier molecular flexibility index (Phi) is 11.6. The topological polar surface area (TPSA) is 131 Å². The summed E-state index contributed by atoms with van der Waals surface area (Å²) >= 11 is 6.85. The van der Waals surface area contributed by atoms with Crippen LogP contribution in [0.1, 0.15) is 36.8 Å². The van der Waals surface area contributed by atoms with Crippen molar-refractivity contribution in [2.75, 3.05) is 71.3 Å². The zero-order valence-electron chi connectivity index (χ0n) is 28.0. The average molecular weight is 800 g/mol. The molecule has 1 atom stereocenters. The van der Waals surface area contributed by atoms with Crippen molar-refractivity contribution in [1.29, 1.82) is 5.26 Å². The van der Waals surface area contributed by atoms with E-state index in [9.17, 15) is 20.0 Å². The van der Waals surface area contributed by atoms with E-state index >= 15 is 0 Å². The lowest BCUT2D eigenvalue weighted by Crippen LogP contribution is -2.56. The fraction of sp³-hybridized carbons (Fsp3) is 0.543. The molecular formula is C35H45Br2N9O3. The number of rotatable bonds is 6. The Labute approximate surface area is 305 Å². The maximum Gasteiger partial charge on any atom is 0.322 e. The molecule has 3 amide bonds. The molecule has 4 heterocycles. The van der Waals surface area contributed by atoms with Gasteiger partial charge in [-0.05, 0) is 113 Å². The minimum absolute atomic E-state index is 0.0545. The molecule has 2 aromatic rings. The number of guanidine groups is 1. The molecule has 6 rings (SSSR count). The van der Waals surface area contributed by atoms with E-state index in [1.165, 1.54) is 0 Å². The van der Waals surface area contributed by atoms with Crippen molar-refractivity contribution >= 4 is 55.4 Å². The van der Waals surface area contributed by atoms with Crippen molar-refractivity contribution in [3.63, 3.8) is 0 Å². The predicted octanol–water partition coefficient (Wildman–Crippen LogP) is 4.05. The zero-order valence-corrected chi connectivity index (χ0v) is 31.1. The number of aromatic hydroxyl groups is 1.